The van der Waals surface area contributed by atoms with Crippen molar-refractivity contribution in [2.45, 2.75) is 43.1 Å². The number of nitriles is 1. The van der Waals surface area contributed by atoms with Gasteiger partial charge in [0.05, 0.1) is 53.7 Å². The molecule has 0 N–H and O–H groups in total. The summed E-state index contributed by atoms with van der Waals surface area (Å²) in [6, 6.07) is 17.0. The van der Waals surface area contributed by atoms with Gasteiger partial charge in [0.2, 0.25) is 0 Å². The molecule has 0 amide bonds. The Hall–Kier alpha value is -4.72. The summed E-state index contributed by atoms with van der Waals surface area (Å²) in [6.07, 6.45) is 4.46. The van der Waals surface area contributed by atoms with Gasteiger partial charge in [-0.1, -0.05) is 12.1 Å². The molecule has 3 aromatic carbocycles. The van der Waals surface area contributed by atoms with Crippen LogP contribution in [-0.2, 0) is 22.4 Å². The normalized spacial score (nSPS) is 23.4. The number of esters is 1. The Morgan fingerprint density at radius 2 is 1.39 bits per heavy atom. The minimum Gasteiger partial charge on any atom is -0.497 e. The maximum Gasteiger partial charge on any atom is 0.330 e. The Kier molecular flexibility index (Phi) is 8.80. The van der Waals surface area contributed by atoms with Crippen molar-refractivity contribution < 1.29 is 33.2 Å². The fourth-order valence-corrected chi connectivity index (χ4v) is 7.43. The minimum absolute atomic E-state index is 0.0485. The number of hydrogen-bond acceptors (Lipinski definition) is 10. The summed E-state index contributed by atoms with van der Waals surface area (Å²) in [6.45, 7) is 0.0604. The van der Waals surface area contributed by atoms with Crippen molar-refractivity contribution in [3.05, 3.63) is 82.4 Å². The summed E-state index contributed by atoms with van der Waals surface area (Å²) in [5.41, 5.74) is 5.15. The van der Waals surface area contributed by atoms with Crippen molar-refractivity contribution >= 4 is 12.0 Å². The van der Waals surface area contributed by atoms with E-state index in [1.165, 1.54) is 6.08 Å². The highest BCUT2D eigenvalue weighted by Crippen LogP contribution is 2.52. The first kappa shape index (κ1) is 31.3. The lowest BCUT2D eigenvalue weighted by molar-refractivity contribution is -0.143. The van der Waals surface area contributed by atoms with Crippen LogP contribution in [0.5, 0.6) is 28.7 Å². The zero-order chi connectivity index (χ0) is 32.5. The molecule has 1 unspecified atom stereocenters. The molecule has 1 fully saturated rings. The molecular formula is C36H39N3O7. The Labute approximate surface area is 269 Å². The standard InChI is InChI=1S/C36H39N3O7/c1-38-27-13-23-16-32(43-4)34(45-6)18-26(23)36(38)28-14-22-15-31(42-3)33(44-5)17-25(22)30(39(28)29(27)19-37)20-46-35(40)12-9-21-7-10-24(41-2)11-8-21/h7-12,15-18,27-30,36H,13-14,20H2,1-6H3/b12-9+/t27-,28-,29-,30?,36+/m0/s1. The molecule has 2 bridgehead atoms. The van der Waals surface area contributed by atoms with Crippen molar-refractivity contribution in [3.8, 4) is 34.8 Å². The monoisotopic (exact) mass is 625 g/mol. The lowest BCUT2D eigenvalue weighted by atomic mass is 9.72. The third-order valence-corrected chi connectivity index (χ3v) is 9.62. The fourth-order valence-electron chi connectivity index (χ4n) is 7.43. The molecule has 10 heteroatoms. The summed E-state index contributed by atoms with van der Waals surface area (Å²) >= 11 is 0. The first-order valence-electron chi connectivity index (χ1n) is 15.2. The number of fused-ring (bicyclic) bond motifs is 7. The number of nitrogens with zero attached hydrogens (tertiary/aromatic N) is 3. The molecule has 0 radical (unpaired) electrons. The molecule has 3 aliphatic heterocycles. The molecule has 10 nitrogen and oxygen atoms in total. The maximum absolute atomic E-state index is 13.1. The largest absolute Gasteiger partial charge is 0.497 e. The van der Waals surface area contributed by atoms with Crippen molar-refractivity contribution in [1.29, 1.82) is 5.26 Å². The zero-order valence-corrected chi connectivity index (χ0v) is 27.0. The van der Waals surface area contributed by atoms with E-state index in [0.29, 0.717) is 35.8 Å². The number of likely N-dealkylation sites (N-methyl/N-ethyl adjacent to an activating group) is 1. The van der Waals surface area contributed by atoms with E-state index in [2.05, 4.69) is 29.0 Å². The molecule has 240 valence electrons. The average Bonchev–Trinajstić information content (AvgIpc) is 3.08. The molecular weight excluding hydrogens is 586 g/mol. The SMILES string of the molecule is COc1ccc(/C=C/C(=O)OCC2c3cc(OC)c(OC)cc3C[C@H]3[C@H]4c5cc(OC)c(OC)cc5C[C@@H]([C@H](C#N)N23)N4C)cc1. The molecule has 1 saturated heterocycles. The third kappa shape index (κ3) is 5.40. The Bertz CT molecular complexity index is 1680. The van der Waals surface area contributed by atoms with Crippen molar-refractivity contribution in [1.82, 2.24) is 9.80 Å². The second-order valence-electron chi connectivity index (χ2n) is 11.7. The van der Waals surface area contributed by atoms with Crippen LogP contribution in [0.1, 0.15) is 39.9 Å². The lowest BCUT2D eigenvalue weighted by Gasteiger charge is -2.59. The topological polar surface area (TPSA) is 103 Å². The molecule has 0 saturated carbocycles. The molecule has 0 spiro atoms. The van der Waals surface area contributed by atoms with Gasteiger partial charge < -0.3 is 28.4 Å². The van der Waals surface area contributed by atoms with Gasteiger partial charge in [-0.25, -0.2) is 4.79 Å². The third-order valence-electron chi connectivity index (χ3n) is 9.62. The van der Waals surface area contributed by atoms with E-state index in [0.717, 1.165) is 33.6 Å². The van der Waals surface area contributed by atoms with E-state index in [1.807, 2.05) is 42.5 Å². The van der Waals surface area contributed by atoms with Gasteiger partial charge in [-0.05, 0) is 90.2 Å². The highest BCUT2D eigenvalue weighted by Gasteiger charge is 2.54. The van der Waals surface area contributed by atoms with Gasteiger partial charge in [-0.3, -0.25) is 9.80 Å². The minimum atomic E-state index is -0.468. The van der Waals surface area contributed by atoms with Crippen LogP contribution in [0.25, 0.3) is 6.08 Å². The summed E-state index contributed by atoms with van der Waals surface area (Å²) in [5.74, 6) is 2.82. The number of carbonyl (C=O) groups excluding carboxylic acids is 1. The average molecular weight is 626 g/mol. The van der Waals surface area contributed by atoms with Gasteiger partial charge in [0.15, 0.2) is 23.0 Å². The van der Waals surface area contributed by atoms with Crippen LogP contribution in [0.2, 0.25) is 0 Å². The zero-order valence-electron chi connectivity index (χ0n) is 27.0. The summed E-state index contributed by atoms with van der Waals surface area (Å²) in [5, 5.41) is 10.7. The van der Waals surface area contributed by atoms with Gasteiger partial charge in [0, 0.05) is 18.2 Å². The first-order valence-corrected chi connectivity index (χ1v) is 15.2. The molecule has 0 aliphatic carbocycles. The quantitative estimate of drug-likeness (QED) is 0.244. The van der Waals surface area contributed by atoms with E-state index in [4.69, 9.17) is 28.4 Å². The van der Waals surface area contributed by atoms with Crippen LogP contribution in [0.4, 0.5) is 0 Å². The van der Waals surface area contributed by atoms with Crippen LogP contribution in [0.3, 0.4) is 0 Å². The van der Waals surface area contributed by atoms with Crippen molar-refractivity contribution in [2.24, 2.45) is 0 Å². The van der Waals surface area contributed by atoms with Crippen LogP contribution >= 0.6 is 0 Å². The van der Waals surface area contributed by atoms with Gasteiger partial charge in [-0.15, -0.1) is 0 Å². The molecule has 3 aromatic rings. The van der Waals surface area contributed by atoms with Gasteiger partial charge >= 0.3 is 5.97 Å². The van der Waals surface area contributed by atoms with Crippen LogP contribution < -0.4 is 23.7 Å². The van der Waals surface area contributed by atoms with Crippen LogP contribution in [0.15, 0.2) is 54.6 Å². The molecule has 5 atom stereocenters. The van der Waals surface area contributed by atoms with Crippen LogP contribution in [-0.4, -0.2) is 83.1 Å². The van der Waals surface area contributed by atoms with Crippen molar-refractivity contribution in [3.63, 3.8) is 0 Å². The number of hydrogen-bond donors (Lipinski definition) is 0. The first-order chi connectivity index (χ1) is 22.3. The van der Waals surface area contributed by atoms with Gasteiger partial charge in [0.1, 0.15) is 18.4 Å². The van der Waals surface area contributed by atoms with E-state index < -0.39 is 18.1 Å². The summed E-state index contributed by atoms with van der Waals surface area (Å²) in [7, 11) is 10.2. The highest BCUT2D eigenvalue weighted by atomic mass is 16.5. The number of benzene rings is 3. The summed E-state index contributed by atoms with van der Waals surface area (Å²) < 4.78 is 33.9. The van der Waals surface area contributed by atoms with Crippen LogP contribution in [0, 0.1) is 11.3 Å². The Morgan fingerprint density at radius 1 is 0.826 bits per heavy atom. The van der Waals surface area contributed by atoms with E-state index in [-0.39, 0.29) is 24.7 Å². The Balaban J connectivity index is 1.39. The van der Waals surface area contributed by atoms with Gasteiger partial charge in [0.25, 0.3) is 0 Å². The fraction of sp³-hybridized carbons (Fsp3) is 0.389. The highest BCUT2D eigenvalue weighted by molar-refractivity contribution is 5.87. The number of ether oxygens (including phenoxy) is 6. The number of piperazine rings is 1. The molecule has 0 aromatic heterocycles. The van der Waals surface area contributed by atoms with E-state index in [1.54, 1.807) is 41.6 Å². The predicted octanol–water partition coefficient (Wildman–Crippen LogP) is 4.76. The molecule has 6 rings (SSSR count). The predicted molar refractivity (Wildman–Crippen MR) is 172 cm³/mol. The number of methoxy groups -OCH3 is 5. The number of rotatable bonds is 9. The maximum atomic E-state index is 13.1. The van der Waals surface area contributed by atoms with Crippen molar-refractivity contribution in [2.75, 3.05) is 49.2 Å². The lowest BCUT2D eigenvalue weighted by Crippen LogP contribution is -2.68. The smallest absolute Gasteiger partial charge is 0.330 e. The molecule has 3 heterocycles. The molecule has 46 heavy (non-hydrogen) atoms. The second kappa shape index (κ2) is 12.9. The molecule has 3 aliphatic rings. The second-order valence-corrected chi connectivity index (χ2v) is 11.7. The summed E-state index contributed by atoms with van der Waals surface area (Å²) in [4.78, 5) is 17.7. The Morgan fingerprint density at radius 3 is 1.98 bits per heavy atom. The van der Waals surface area contributed by atoms with E-state index >= 15 is 0 Å². The number of carbonyl (C=O) groups is 1. The van der Waals surface area contributed by atoms with Gasteiger partial charge in [-0.2, -0.15) is 5.26 Å². The van der Waals surface area contributed by atoms with E-state index in [9.17, 15) is 10.1 Å².